The minimum Gasteiger partial charge on any atom is -0.345 e. The van der Waals surface area contributed by atoms with Gasteiger partial charge in [-0.3, -0.25) is 9.59 Å². The number of nitrogens with zero attached hydrogens (tertiary/aromatic N) is 1. The number of nitrogens with one attached hydrogen (secondary N) is 1. The normalized spacial score (nSPS) is 11.8. The van der Waals surface area contributed by atoms with E-state index >= 15 is 0 Å². The van der Waals surface area contributed by atoms with Crippen molar-refractivity contribution >= 4 is 17.5 Å². The molecule has 1 atom stereocenters. The molecule has 0 aliphatic rings. The maximum absolute atomic E-state index is 11.8. The molecule has 0 radical (unpaired) electrons. The average molecular weight is 249 g/mol. The van der Waals surface area contributed by atoms with E-state index in [1.165, 1.54) is 4.90 Å². The van der Waals surface area contributed by atoms with Crippen molar-refractivity contribution in [1.29, 1.82) is 0 Å². The fourth-order valence-corrected chi connectivity index (χ4v) is 1.39. The van der Waals surface area contributed by atoms with Gasteiger partial charge in [0, 0.05) is 25.3 Å². The first-order chi connectivity index (χ1) is 8.32. The molecule has 5 nitrogen and oxygen atoms in total. The standard InChI is InChI=1S/C13H19N3O2/c1-8-5-6-10(13(18)16(3)4)7-11(8)15-12(17)9(2)14/h5-7,9H,14H2,1-4H3,(H,15,17)/t9-/m1/s1. The zero-order valence-corrected chi connectivity index (χ0v) is 11.2. The minimum atomic E-state index is -0.586. The highest BCUT2D eigenvalue weighted by Gasteiger charge is 2.13. The molecule has 0 heterocycles. The Bertz CT molecular complexity index is 467. The number of carbonyl (C=O) groups is 2. The van der Waals surface area contributed by atoms with E-state index in [1.807, 2.05) is 6.92 Å². The first-order valence-corrected chi connectivity index (χ1v) is 5.71. The van der Waals surface area contributed by atoms with Crippen LogP contribution in [0.1, 0.15) is 22.8 Å². The Kier molecular flexibility index (Phi) is 4.44. The van der Waals surface area contributed by atoms with Crippen LogP contribution in [0.3, 0.4) is 0 Å². The average Bonchev–Trinajstić information content (AvgIpc) is 2.30. The molecule has 0 aliphatic carbocycles. The molecule has 0 unspecified atom stereocenters. The van der Waals surface area contributed by atoms with E-state index in [-0.39, 0.29) is 11.8 Å². The van der Waals surface area contributed by atoms with Crippen molar-refractivity contribution in [2.75, 3.05) is 19.4 Å². The lowest BCUT2D eigenvalue weighted by atomic mass is 10.1. The Hall–Kier alpha value is -1.88. The van der Waals surface area contributed by atoms with Gasteiger partial charge >= 0.3 is 0 Å². The highest BCUT2D eigenvalue weighted by Crippen LogP contribution is 2.17. The first-order valence-electron chi connectivity index (χ1n) is 5.71. The van der Waals surface area contributed by atoms with Crippen molar-refractivity contribution < 1.29 is 9.59 Å². The van der Waals surface area contributed by atoms with Crippen LogP contribution in [0.25, 0.3) is 0 Å². The Labute approximate surface area is 107 Å². The summed E-state index contributed by atoms with van der Waals surface area (Å²) in [6, 6.07) is 4.61. The van der Waals surface area contributed by atoms with E-state index in [2.05, 4.69) is 5.32 Å². The van der Waals surface area contributed by atoms with Crippen molar-refractivity contribution in [2.45, 2.75) is 19.9 Å². The maximum atomic E-state index is 11.8. The summed E-state index contributed by atoms with van der Waals surface area (Å²) in [6.45, 7) is 3.47. The number of hydrogen-bond acceptors (Lipinski definition) is 3. The molecule has 0 bridgehead atoms. The van der Waals surface area contributed by atoms with Crippen LogP contribution >= 0.6 is 0 Å². The second-order valence-corrected chi connectivity index (χ2v) is 4.51. The van der Waals surface area contributed by atoms with Crippen molar-refractivity contribution in [1.82, 2.24) is 4.90 Å². The van der Waals surface area contributed by atoms with Crippen molar-refractivity contribution in [3.8, 4) is 0 Å². The first kappa shape index (κ1) is 14.2. The molecule has 0 saturated heterocycles. The number of anilines is 1. The molecule has 1 rings (SSSR count). The predicted octanol–water partition coefficient (Wildman–Crippen LogP) is 0.983. The molecule has 18 heavy (non-hydrogen) atoms. The number of amides is 2. The van der Waals surface area contributed by atoms with Gasteiger partial charge in [-0.1, -0.05) is 6.07 Å². The molecule has 0 aromatic heterocycles. The van der Waals surface area contributed by atoms with Gasteiger partial charge in [0.15, 0.2) is 0 Å². The fraction of sp³-hybridized carbons (Fsp3) is 0.385. The van der Waals surface area contributed by atoms with Gasteiger partial charge in [-0.05, 0) is 31.5 Å². The third kappa shape index (κ3) is 3.30. The highest BCUT2D eigenvalue weighted by molar-refractivity contribution is 5.98. The van der Waals surface area contributed by atoms with Crippen LogP contribution in [-0.2, 0) is 4.79 Å². The maximum Gasteiger partial charge on any atom is 0.253 e. The molecule has 1 aromatic carbocycles. The van der Waals surface area contributed by atoms with Crippen LogP contribution in [0.5, 0.6) is 0 Å². The SMILES string of the molecule is Cc1ccc(C(=O)N(C)C)cc1NC(=O)[C@@H](C)N. The molecule has 98 valence electrons. The lowest BCUT2D eigenvalue weighted by molar-refractivity contribution is -0.117. The summed E-state index contributed by atoms with van der Waals surface area (Å²) in [7, 11) is 3.37. The molecule has 0 spiro atoms. The molecule has 3 N–H and O–H groups in total. The quantitative estimate of drug-likeness (QED) is 0.838. The van der Waals surface area contributed by atoms with E-state index in [9.17, 15) is 9.59 Å². The molecule has 0 fully saturated rings. The van der Waals surface area contributed by atoms with Crippen LogP contribution in [0.15, 0.2) is 18.2 Å². The van der Waals surface area contributed by atoms with Crippen LogP contribution in [0.4, 0.5) is 5.69 Å². The minimum absolute atomic E-state index is 0.105. The van der Waals surface area contributed by atoms with Crippen molar-refractivity contribution in [3.63, 3.8) is 0 Å². The van der Waals surface area contributed by atoms with Gasteiger partial charge in [-0.15, -0.1) is 0 Å². The van der Waals surface area contributed by atoms with Gasteiger partial charge in [-0.2, -0.15) is 0 Å². The summed E-state index contributed by atoms with van der Waals surface area (Å²) in [5.41, 5.74) is 7.53. The number of aryl methyl sites for hydroxylation is 1. The monoisotopic (exact) mass is 249 g/mol. The van der Waals surface area contributed by atoms with Crippen LogP contribution in [0.2, 0.25) is 0 Å². The number of benzene rings is 1. The molecule has 2 amide bonds. The molecule has 0 saturated carbocycles. The molecular weight excluding hydrogens is 230 g/mol. The van der Waals surface area contributed by atoms with Crippen molar-refractivity contribution in [3.05, 3.63) is 29.3 Å². The smallest absolute Gasteiger partial charge is 0.253 e. The molecule has 1 aromatic rings. The zero-order valence-electron chi connectivity index (χ0n) is 11.2. The van der Waals surface area contributed by atoms with E-state index in [4.69, 9.17) is 5.73 Å². The van der Waals surface area contributed by atoms with Gasteiger partial charge in [-0.25, -0.2) is 0 Å². The summed E-state index contributed by atoms with van der Waals surface area (Å²) in [6.07, 6.45) is 0. The van der Waals surface area contributed by atoms with E-state index in [1.54, 1.807) is 39.2 Å². The predicted molar refractivity (Wildman–Crippen MR) is 71.5 cm³/mol. The third-order valence-electron chi connectivity index (χ3n) is 2.56. The molecule has 5 heteroatoms. The summed E-state index contributed by atoms with van der Waals surface area (Å²) in [5.74, 6) is -0.376. The van der Waals surface area contributed by atoms with Crippen molar-refractivity contribution in [2.24, 2.45) is 5.73 Å². The van der Waals surface area contributed by atoms with Gasteiger partial charge < -0.3 is 16.0 Å². The molecule has 0 aliphatic heterocycles. The summed E-state index contributed by atoms with van der Waals surface area (Å²) < 4.78 is 0. The zero-order chi connectivity index (χ0) is 13.9. The van der Waals surface area contributed by atoms with Gasteiger partial charge in [0.2, 0.25) is 5.91 Å². The second-order valence-electron chi connectivity index (χ2n) is 4.51. The van der Waals surface area contributed by atoms with Gasteiger partial charge in [0.25, 0.3) is 5.91 Å². The number of hydrogen-bond donors (Lipinski definition) is 2. The Balaban J connectivity index is 3.02. The lowest BCUT2D eigenvalue weighted by Gasteiger charge is -2.14. The number of rotatable bonds is 3. The lowest BCUT2D eigenvalue weighted by Crippen LogP contribution is -2.32. The Morgan fingerprint density at radius 2 is 1.94 bits per heavy atom. The number of carbonyl (C=O) groups excluding carboxylic acids is 2. The largest absolute Gasteiger partial charge is 0.345 e. The van der Waals surface area contributed by atoms with E-state index < -0.39 is 6.04 Å². The van der Waals surface area contributed by atoms with Crippen LogP contribution < -0.4 is 11.1 Å². The number of nitrogens with two attached hydrogens (primary N) is 1. The summed E-state index contributed by atoms with van der Waals surface area (Å²) in [4.78, 5) is 24.9. The molecular formula is C13H19N3O2. The second kappa shape index (κ2) is 5.64. The van der Waals surface area contributed by atoms with Crippen LogP contribution in [0, 0.1) is 6.92 Å². The Morgan fingerprint density at radius 1 is 1.33 bits per heavy atom. The highest BCUT2D eigenvalue weighted by atomic mass is 16.2. The topological polar surface area (TPSA) is 75.4 Å². The fourth-order valence-electron chi connectivity index (χ4n) is 1.39. The Morgan fingerprint density at radius 3 is 2.44 bits per heavy atom. The van der Waals surface area contributed by atoms with Crippen LogP contribution in [-0.4, -0.2) is 36.9 Å². The van der Waals surface area contributed by atoms with E-state index in [0.717, 1.165) is 5.56 Å². The van der Waals surface area contributed by atoms with Gasteiger partial charge in [0.05, 0.1) is 6.04 Å². The third-order valence-corrected chi connectivity index (χ3v) is 2.56. The van der Waals surface area contributed by atoms with E-state index in [0.29, 0.717) is 11.3 Å². The van der Waals surface area contributed by atoms with Gasteiger partial charge in [0.1, 0.15) is 0 Å². The summed E-state index contributed by atoms with van der Waals surface area (Å²) >= 11 is 0. The summed E-state index contributed by atoms with van der Waals surface area (Å²) in [5, 5.41) is 2.71.